The molecule has 7 heteroatoms. The highest BCUT2D eigenvalue weighted by atomic mass is 19.1. The van der Waals surface area contributed by atoms with Crippen molar-refractivity contribution in [2.75, 3.05) is 39.2 Å². The van der Waals surface area contributed by atoms with Crippen LogP contribution in [0.2, 0.25) is 0 Å². The van der Waals surface area contributed by atoms with Gasteiger partial charge in [0.05, 0.1) is 24.9 Å². The molecule has 0 radical (unpaired) electrons. The highest BCUT2D eigenvalue weighted by Gasteiger charge is 2.13. The van der Waals surface area contributed by atoms with Crippen LogP contribution in [0.4, 0.5) is 14.5 Å². The zero-order valence-corrected chi connectivity index (χ0v) is 11.4. The van der Waals surface area contributed by atoms with Gasteiger partial charge in [0.2, 0.25) is 5.91 Å². The number of rotatable bonds is 7. The molecule has 0 fully saturated rings. The largest absolute Gasteiger partial charge is 0.389 e. The van der Waals surface area contributed by atoms with Crippen molar-refractivity contribution in [1.82, 2.24) is 4.90 Å². The topological polar surface area (TPSA) is 61.8 Å². The van der Waals surface area contributed by atoms with Crippen LogP contribution in [0.25, 0.3) is 0 Å². The van der Waals surface area contributed by atoms with Crippen LogP contribution >= 0.6 is 0 Å². The summed E-state index contributed by atoms with van der Waals surface area (Å²) in [5.41, 5.74) is -0.208. The van der Waals surface area contributed by atoms with Crippen LogP contribution in [0.5, 0.6) is 0 Å². The molecule has 1 aromatic carbocycles. The number of likely N-dealkylation sites (N-methyl/N-ethyl adjacent to an activating group) is 1. The number of amides is 1. The fraction of sp³-hybridized carbons (Fsp3) is 0.462. The van der Waals surface area contributed by atoms with Gasteiger partial charge >= 0.3 is 0 Å². The Labute approximate surface area is 116 Å². The molecule has 0 aliphatic rings. The van der Waals surface area contributed by atoms with Crippen LogP contribution < -0.4 is 5.32 Å². The van der Waals surface area contributed by atoms with Gasteiger partial charge in [0.25, 0.3) is 0 Å². The SMILES string of the molecule is COCC(O)CN(C)CC(=O)Nc1cc(F)ccc1F. The summed E-state index contributed by atoms with van der Waals surface area (Å²) in [4.78, 5) is 13.2. The van der Waals surface area contributed by atoms with Crippen molar-refractivity contribution in [3.63, 3.8) is 0 Å². The van der Waals surface area contributed by atoms with Crippen molar-refractivity contribution < 1.29 is 23.4 Å². The summed E-state index contributed by atoms with van der Waals surface area (Å²) in [6.07, 6.45) is -0.719. The minimum Gasteiger partial charge on any atom is -0.389 e. The molecule has 20 heavy (non-hydrogen) atoms. The number of anilines is 1. The van der Waals surface area contributed by atoms with Gasteiger partial charge in [0, 0.05) is 19.7 Å². The number of halogens is 2. The quantitative estimate of drug-likeness (QED) is 0.780. The number of carbonyl (C=O) groups excluding carboxylic acids is 1. The first-order chi connectivity index (χ1) is 9.42. The molecule has 5 nitrogen and oxygen atoms in total. The van der Waals surface area contributed by atoms with Crippen molar-refractivity contribution in [3.05, 3.63) is 29.8 Å². The van der Waals surface area contributed by atoms with Crippen molar-refractivity contribution in [3.8, 4) is 0 Å². The Balaban J connectivity index is 2.49. The third kappa shape index (κ3) is 5.60. The highest BCUT2D eigenvalue weighted by molar-refractivity contribution is 5.92. The van der Waals surface area contributed by atoms with E-state index in [1.165, 1.54) is 7.11 Å². The smallest absolute Gasteiger partial charge is 0.238 e. The summed E-state index contributed by atoms with van der Waals surface area (Å²) in [5, 5.41) is 11.8. The Kier molecular flexibility index (Phi) is 6.50. The third-order valence-electron chi connectivity index (χ3n) is 2.50. The molecule has 2 N–H and O–H groups in total. The second kappa shape index (κ2) is 7.88. The first-order valence-corrected chi connectivity index (χ1v) is 6.02. The molecule has 1 rings (SSSR count). The predicted molar refractivity (Wildman–Crippen MR) is 70.4 cm³/mol. The van der Waals surface area contributed by atoms with Gasteiger partial charge in [-0.05, 0) is 19.2 Å². The molecule has 0 aliphatic heterocycles. The molecular weight excluding hydrogens is 270 g/mol. The third-order valence-corrected chi connectivity index (χ3v) is 2.50. The number of carbonyl (C=O) groups is 1. The zero-order chi connectivity index (χ0) is 15.1. The lowest BCUT2D eigenvalue weighted by Crippen LogP contribution is -2.37. The fourth-order valence-electron chi connectivity index (χ4n) is 1.70. The molecule has 1 unspecified atom stereocenters. The summed E-state index contributed by atoms with van der Waals surface area (Å²) in [7, 11) is 3.09. The molecule has 112 valence electrons. The highest BCUT2D eigenvalue weighted by Crippen LogP contribution is 2.15. The van der Waals surface area contributed by atoms with Crippen LogP contribution in [0.1, 0.15) is 0 Å². The number of ether oxygens (including phenoxy) is 1. The molecule has 0 aliphatic carbocycles. The van der Waals surface area contributed by atoms with E-state index in [9.17, 15) is 18.7 Å². The van der Waals surface area contributed by atoms with Gasteiger partial charge in [0.15, 0.2) is 0 Å². The average molecular weight is 288 g/mol. The van der Waals surface area contributed by atoms with Gasteiger partial charge < -0.3 is 15.2 Å². The van der Waals surface area contributed by atoms with E-state index in [0.29, 0.717) is 0 Å². The second-order valence-electron chi connectivity index (χ2n) is 4.48. The van der Waals surface area contributed by atoms with Gasteiger partial charge in [-0.2, -0.15) is 0 Å². The van der Waals surface area contributed by atoms with Crippen LogP contribution in [0.15, 0.2) is 18.2 Å². The lowest BCUT2D eigenvalue weighted by Gasteiger charge is -2.19. The summed E-state index contributed by atoms with van der Waals surface area (Å²) in [6, 6.07) is 2.82. The summed E-state index contributed by atoms with van der Waals surface area (Å²) in [6.45, 7) is 0.327. The minimum absolute atomic E-state index is 0.0588. The van der Waals surface area contributed by atoms with E-state index in [1.807, 2.05) is 0 Å². The summed E-state index contributed by atoms with van der Waals surface area (Å²) < 4.78 is 31.0. The van der Waals surface area contributed by atoms with Crippen LogP contribution in [0.3, 0.4) is 0 Å². The van der Waals surface area contributed by atoms with Gasteiger partial charge in [0.1, 0.15) is 11.6 Å². The Morgan fingerprint density at radius 1 is 1.50 bits per heavy atom. The van der Waals surface area contributed by atoms with E-state index in [0.717, 1.165) is 18.2 Å². The van der Waals surface area contributed by atoms with E-state index < -0.39 is 23.6 Å². The molecule has 0 heterocycles. The van der Waals surface area contributed by atoms with Crippen LogP contribution in [0, 0.1) is 11.6 Å². The average Bonchev–Trinajstić information content (AvgIpc) is 2.33. The number of aliphatic hydroxyl groups is 1. The molecule has 1 aromatic rings. The first-order valence-electron chi connectivity index (χ1n) is 6.02. The van der Waals surface area contributed by atoms with Gasteiger partial charge in [-0.15, -0.1) is 0 Å². The number of nitrogens with one attached hydrogen (secondary N) is 1. The van der Waals surface area contributed by atoms with Crippen LogP contribution in [-0.2, 0) is 9.53 Å². The summed E-state index contributed by atoms with van der Waals surface area (Å²) >= 11 is 0. The Morgan fingerprint density at radius 2 is 2.20 bits per heavy atom. The molecule has 1 amide bonds. The first kappa shape index (κ1) is 16.5. The van der Waals surface area contributed by atoms with Crippen molar-refractivity contribution >= 4 is 11.6 Å². The Hall–Kier alpha value is -1.57. The molecule has 0 aromatic heterocycles. The van der Waals surface area contributed by atoms with E-state index in [4.69, 9.17) is 4.74 Å². The van der Waals surface area contributed by atoms with E-state index in [2.05, 4.69) is 5.32 Å². The number of hydrogen-bond donors (Lipinski definition) is 2. The zero-order valence-electron chi connectivity index (χ0n) is 11.4. The molecule has 0 bridgehead atoms. The van der Waals surface area contributed by atoms with Crippen molar-refractivity contribution in [2.45, 2.75) is 6.10 Å². The molecule has 0 spiro atoms. The van der Waals surface area contributed by atoms with Gasteiger partial charge in [-0.25, -0.2) is 8.78 Å². The second-order valence-corrected chi connectivity index (χ2v) is 4.48. The fourth-order valence-corrected chi connectivity index (χ4v) is 1.70. The maximum atomic E-state index is 13.3. The molecular formula is C13H18F2N2O3. The van der Waals surface area contributed by atoms with E-state index in [-0.39, 0.29) is 25.4 Å². The summed E-state index contributed by atoms with van der Waals surface area (Å²) in [5.74, 6) is -1.84. The van der Waals surface area contributed by atoms with Crippen molar-refractivity contribution in [2.24, 2.45) is 0 Å². The minimum atomic E-state index is -0.719. The lowest BCUT2D eigenvalue weighted by atomic mass is 10.3. The normalized spacial score (nSPS) is 12.5. The number of aliphatic hydroxyl groups excluding tert-OH is 1. The van der Waals surface area contributed by atoms with Gasteiger partial charge in [-0.1, -0.05) is 0 Å². The van der Waals surface area contributed by atoms with Crippen molar-refractivity contribution in [1.29, 1.82) is 0 Å². The molecule has 0 saturated heterocycles. The lowest BCUT2D eigenvalue weighted by molar-refractivity contribution is -0.117. The standard InChI is InChI=1S/C13H18F2N2O3/c1-17(6-10(18)8-20-2)7-13(19)16-12-5-9(14)3-4-11(12)15/h3-5,10,18H,6-8H2,1-2H3,(H,16,19). The maximum absolute atomic E-state index is 13.3. The Morgan fingerprint density at radius 3 is 2.85 bits per heavy atom. The molecule has 0 saturated carbocycles. The Bertz CT molecular complexity index is 457. The number of nitrogens with zero attached hydrogens (tertiary/aromatic N) is 1. The molecule has 1 atom stereocenters. The number of methoxy groups -OCH3 is 1. The monoisotopic (exact) mass is 288 g/mol. The van der Waals surface area contributed by atoms with E-state index >= 15 is 0 Å². The maximum Gasteiger partial charge on any atom is 0.238 e. The van der Waals surface area contributed by atoms with E-state index in [1.54, 1.807) is 11.9 Å². The number of benzene rings is 1. The van der Waals surface area contributed by atoms with Crippen LogP contribution in [-0.4, -0.2) is 55.9 Å². The predicted octanol–water partition coefficient (Wildman–Crippen LogP) is 0.842. The number of hydrogen-bond acceptors (Lipinski definition) is 4. The van der Waals surface area contributed by atoms with Gasteiger partial charge in [-0.3, -0.25) is 9.69 Å².